The molecule has 10 nitrogen and oxygen atoms in total. The molecule has 2 aliphatic rings. The maximum Gasteiger partial charge on any atom is 0.253 e. The molecule has 0 aliphatic carbocycles. The standard InChI is InChI=1S/C37H46N6O4/c1-6-35(45)42-15-12-30(13-16-42)43(7-2)33-20-29(28-10-8-27(9-11-28)22-41-17-14-38-34(44)23-41)19-31(26(33)5)36(46)39-21-32-24(3)18-25(4)40-37(32)47/h6,8-11,18-20,30H,1,7,12-17,21-23H2,2-5H3,(H,38,44)(H,39,46)(H,40,47). The fraction of sp³-hybridized carbons (Fsp3) is 0.405. The quantitative estimate of drug-likeness (QED) is 0.291. The average molecular weight is 639 g/mol. The number of nitrogens with one attached hydrogen (secondary N) is 3. The average Bonchev–Trinajstić information content (AvgIpc) is 3.05. The third-order valence-corrected chi connectivity index (χ3v) is 9.40. The highest BCUT2D eigenvalue weighted by Crippen LogP contribution is 2.34. The fourth-order valence-electron chi connectivity index (χ4n) is 6.80. The number of rotatable bonds is 10. The Morgan fingerprint density at radius 3 is 2.38 bits per heavy atom. The highest BCUT2D eigenvalue weighted by atomic mass is 16.2. The summed E-state index contributed by atoms with van der Waals surface area (Å²) in [6, 6.07) is 14.5. The van der Waals surface area contributed by atoms with Gasteiger partial charge in [-0.2, -0.15) is 0 Å². The molecule has 0 radical (unpaired) electrons. The first-order valence-corrected chi connectivity index (χ1v) is 16.5. The molecule has 0 saturated carbocycles. The van der Waals surface area contributed by atoms with Gasteiger partial charge in [-0.3, -0.25) is 24.1 Å². The molecule has 47 heavy (non-hydrogen) atoms. The number of piperazine rings is 1. The van der Waals surface area contributed by atoms with Crippen molar-refractivity contribution < 1.29 is 14.4 Å². The SMILES string of the molecule is C=CC(=O)N1CCC(N(CC)c2cc(-c3ccc(CN4CCNC(=O)C4)cc3)cc(C(=O)NCc3c(C)cc(C)[nH]c3=O)c2C)CC1. The Labute approximate surface area is 276 Å². The molecule has 2 aliphatic heterocycles. The van der Waals surface area contributed by atoms with Gasteiger partial charge in [0.15, 0.2) is 0 Å². The molecule has 2 fully saturated rings. The molecule has 5 rings (SSSR count). The van der Waals surface area contributed by atoms with E-state index in [9.17, 15) is 19.2 Å². The lowest BCUT2D eigenvalue weighted by atomic mass is 9.94. The number of hydrogen-bond acceptors (Lipinski definition) is 6. The summed E-state index contributed by atoms with van der Waals surface area (Å²) in [5, 5.41) is 5.88. The third kappa shape index (κ3) is 7.82. The van der Waals surface area contributed by atoms with Crippen molar-refractivity contribution in [3.63, 3.8) is 0 Å². The molecule has 2 aromatic carbocycles. The summed E-state index contributed by atoms with van der Waals surface area (Å²) < 4.78 is 0. The number of aryl methyl sites for hydroxylation is 2. The summed E-state index contributed by atoms with van der Waals surface area (Å²) >= 11 is 0. The fourth-order valence-corrected chi connectivity index (χ4v) is 6.80. The van der Waals surface area contributed by atoms with Gasteiger partial charge in [0.2, 0.25) is 11.8 Å². The van der Waals surface area contributed by atoms with Crippen LogP contribution in [-0.4, -0.2) is 77.8 Å². The minimum Gasteiger partial charge on any atom is -0.368 e. The zero-order chi connectivity index (χ0) is 33.7. The van der Waals surface area contributed by atoms with E-state index in [1.165, 1.54) is 6.08 Å². The first-order valence-electron chi connectivity index (χ1n) is 16.5. The van der Waals surface area contributed by atoms with Crippen LogP contribution in [0.15, 0.2) is 59.9 Å². The smallest absolute Gasteiger partial charge is 0.253 e. The van der Waals surface area contributed by atoms with Gasteiger partial charge in [0.25, 0.3) is 11.5 Å². The molecule has 3 amide bonds. The first kappa shape index (κ1) is 33.7. The maximum absolute atomic E-state index is 13.9. The largest absolute Gasteiger partial charge is 0.368 e. The van der Waals surface area contributed by atoms with Crippen molar-refractivity contribution in [3.05, 3.63) is 99.0 Å². The first-order chi connectivity index (χ1) is 22.6. The number of anilines is 1. The lowest BCUT2D eigenvalue weighted by Crippen LogP contribution is -2.47. The lowest BCUT2D eigenvalue weighted by Gasteiger charge is -2.40. The number of carbonyl (C=O) groups excluding carboxylic acids is 3. The van der Waals surface area contributed by atoms with Crippen molar-refractivity contribution in [1.82, 2.24) is 25.4 Å². The number of carbonyl (C=O) groups is 3. The van der Waals surface area contributed by atoms with E-state index in [1.807, 2.05) is 37.8 Å². The highest BCUT2D eigenvalue weighted by molar-refractivity contribution is 5.99. The van der Waals surface area contributed by atoms with Crippen molar-refractivity contribution in [3.8, 4) is 11.1 Å². The number of likely N-dealkylation sites (tertiary alicyclic amines) is 1. The number of H-pyrrole nitrogens is 1. The van der Waals surface area contributed by atoms with Crippen LogP contribution >= 0.6 is 0 Å². The molecule has 0 unspecified atom stereocenters. The second kappa shape index (κ2) is 14.8. The minimum absolute atomic E-state index is 0.0433. The summed E-state index contributed by atoms with van der Waals surface area (Å²) in [5.41, 5.74) is 7.37. The Balaban J connectivity index is 1.46. The van der Waals surface area contributed by atoms with Crippen LogP contribution in [0.1, 0.15) is 58.1 Å². The van der Waals surface area contributed by atoms with E-state index < -0.39 is 0 Å². The Morgan fingerprint density at radius 2 is 1.74 bits per heavy atom. The molecule has 10 heteroatoms. The van der Waals surface area contributed by atoms with Crippen molar-refractivity contribution in [2.45, 2.75) is 59.7 Å². The molecule has 3 heterocycles. The topological polar surface area (TPSA) is 118 Å². The molecule has 3 N–H and O–H groups in total. The van der Waals surface area contributed by atoms with Gasteiger partial charge in [0.1, 0.15) is 0 Å². The van der Waals surface area contributed by atoms with Crippen LogP contribution in [0.5, 0.6) is 0 Å². The Bertz CT molecular complexity index is 1700. The van der Waals surface area contributed by atoms with E-state index in [2.05, 4.69) is 69.3 Å². The third-order valence-electron chi connectivity index (χ3n) is 9.40. The Hall–Kier alpha value is -4.70. The zero-order valence-electron chi connectivity index (χ0n) is 27.9. The van der Waals surface area contributed by atoms with Crippen molar-refractivity contribution in [1.29, 1.82) is 0 Å². The van der Waals surface area contributed by atoms with Gasteiger partial charge in [0, 0.05) is 74.4 Å². The van der Waals surface area contributed by atoms with E-state index >= 15 is 0 Å². The summed E-state index contributed by atoms with van der Waals surface area (Å²) in [4.78, 5) is 59.8. The van der Waals surface area contributed by atoms with Gasteiger partial charge in [-0.25, -0.2) is 0 Å². The van der Waals surface area contributed by atoms with Crippen LogP contribution in [0.3, 0.4) is 0 Å². The van der Waals surface area contributed by atoms with E-state index in [1.54, 1.807) is 0 Å². The van der Waals surface area contributed by atoms with Crippen LogP contribution in [0, 0.1) is 20.8 Å². The van der Waals surface area contributed by atoms with E-state index in [4.69, 9.17) is 0 Å². The molecular weight excluding hydrogens is 592 g/mol. The molecule has 0 spiro atoms. The number of hydrogen-bond donors (Lipinski definition) is 3. The highest BCUT2D eigenvalue weighted by Gasteiger charge is 2.28. The normalized spacial score (nSPS) is 15.7. The van der Waals surface area contributed by atoms with E-state index in [0.717, 1.165) is 65.1 Å². The van der Waals surface area contributed by atoms with Gasteiger partial charge in [-0.15, -0.1) is 0 Å². The number of pyridine rings is 1. The number of piperidine rings is 1. The number of aromatic nitrogens is 1. The van der Waals surface area contributed by atoms with E-state index in [0.29, 0.717) is 43.9 Å². The number of nitrogens with zero attached hydrogens (tertiary/aromatic N) is 3. The Morgan fingerprint density at radius 1 is 1.02 bits per heavy atom. The van der Waals surface area contributed by atoms with Crippen LogP contribution in [-0.2, 0) is 22.7 Å². The van der Waals surface area contributed by atoms with Gasteiger partial charge >= 0.3 is 0 Å². The molecule has 3 aromatic rings. The number of benzene rings is 2. The molecular formula is C37H46N6O4. The number of aromatic amines is 1. The van der Waals surface area contributed by atoms with Crippen molar-refractivity contribution in [2.75, 3.05) is 44.2 Å². The van der Waals surface area contributed by atoms with Crippen LogP contribution in [0.4, 0.5) is 5.69 Å². The zero-order valence-corrected chi connectivity index (χ0v) is 27.9. The Kier molecular flexibility index (Phi) is 10.6. The molecule has 0 atom stereocenters. The summed E-state index contributed by atoms with van der Waals surface area (Å²) in [5.74, 6) is -0.239. The minimum atomic E-state index is -0.243. The second-order valence-electron chi connectivity index (χ2n) is 12.6. The van der Waals surface area contributed by atoms with Crippen LogP contribution in [0.25, 0.3) is 11.1 Å². The van der Waals surface area contributed by atoms with Crippen molar-refractivity contribution >= 4 is 23.4 Å². The lowest BCUT2D eigenvalue weighted by molar-refractivity contribution is -0.127. The van der Waals surface area contributed by atoms with Crippen molar-refractivity contribution in [2.24, 2.45) is 0 Å². The van der Waals surface area contributed by atoms with Gasteiger partial charge in [0.05, 0.1) is 6.54 Å². The molecule has 0 bridgehead atoms. The van der Waals surface area contributed by atoms with Crippen LogP contribution in [0.2, 0.25) is 0 Å². The predicted molar refractivity (Wildman–Crippen MR) is 185 cm³/mol. The predicted octanol–water partition coefficient (Wildman–Crippen LogP) is 3.83. The van der Waals surface area contributed by atoms with Gasteiger partial charge in [-0.1, -0.05) is 30.8 Å². The van der Waals surface area contributed by atoms with Crippen LogP contribution < -0.4 is 21.1 Å². The summed E-state index contributed by atoms with van der Waals surface area (Å²) in [6.07, 6.45) is 3.01. The second-order valence-corrected chi connectivity index (χ2v) is 12.6. The summed E-state index contributed by atoms with van der Waals surface area (Å²) in [7, 11) is 0. The van der Waals surface area contributed by atoms with Gasteiger partial charge in [-0.05, 0) is 92.6 Å². The molecule has 248 valence electrons. The van der Waals surface area contributed by atoms with Gasteiger partial charge < -0.3 is 25.4 Å². The number of amides is 3. The maximum atomic E-state index is 13.9. The monoisotopic (exact) mass is 638 g/mol. The summed E-state index contributed by atoms with van der Waals surface area (Å²) in [6.45, 7) is 16.2. The molecule has 2 saturated heterocycles. The van der Waals surface area contributed by atoms with E-state index in [-0.39, 0.29) is 35.9 Å². The molecule has 1 aromatic heterocycles.